The number of rotatable bonds is 9. The predicted molar refractivity (Wildman–Crippen MR) is 122 cm³/mol. The second kappa shape index (κ2) is 10.3. The number of aryl methyl sites for hydroxylation is 2. The van der Waals surface area contributed by atoms with Crippen LogP contribution in [-0.2, 0) is 14.8 Å². The van der Waals surface area contributed by atoms with E-state index in [0.717, 1.165) is 33.3 Å². The monoisotopic (exact) mass is 456 g/mol. The Morgan fingerprint density at radius 3 is 2.38 bits per heavy atom. The van der Waals surface area contributed by atoms with Gasteiger partial charge in [0.2, 0.25) is 5.91 Å². The van der Waals surface area contributed by atoms with Crippen LogP contribution in [0, 0.1) is 19.7 Å². The third-order valence-electron chi connectivity index (χ3n) is 4.76. The lowest BCUT2D eigenvalue weighted by atomic mass is 10.1. The van der Waals surface area contributed by atoms with Crippen LogP contribution in [0.4, 0.5) is 10.1 Å². The molecule has 0 atom stereocenters. The summed E-state index contributed by atoms with van der Waals surface area (Å²) < 4.78 is 46.4. The molecule has 0 radical (unpaired) electrons. The minimum atomic E-state index is -4.03. The highest BCUT2D eigenvalue weighted by Crippen LogP contribution is 2.24. The third kappa shape index (κ3) is 5.85. The van der Waals surface area contributed by atoms with Crippen molar-refractivity contribution in [2.24, 2.45) is 0 Å². The average molecular weight is 457 g/mol. The summed E-state index contributed by atoms with van der Waals surface area (Å²) in [6, 6.07) is 18.6. The third-order valence-corrected chi connectivity index (χ3v) is 6.55. The second-order valence-electron chi connectivity index (χ2n) is 7.27. The van der Waals surface area contributed by atoms with Gasteiger partial charge in [0.25, 0.3) is 10.0 Å². The van der Waals surface area contributed by atoms with Crippen molar-refractivity contribution < 1.29 is 22.3 Å². The minimum absolute atomic E-state index is 0.0374. The van der Waals surface area contributed by atoms with Crippen LogP contribution in [0.15, 0.2) is 77.7 Å². The maximum atomic E-state index is 13.4. The second-order valence-corrected chi connectivity index (χ2v) is 9.13. The Bertz CT molecular complexity index is 1170. The first-order chi connectivity index (χ1) is 15.3. The number of hydrogen-bond donors (Lipinski definition) is 1. The average Bonchev–Trinajstić information content (AvgIpc) is 2.78. The van der Waals surface area contributed by atoms with Gasteiger partial charge in [0, 0.05) is 0 Å². The number of nitrogens with zero attached hydrogens (tertiary/aromatic N) is 1. The van der Waals surface area contributed by atoms with E-state index in [1.807, 2.05) is 32.0 Å². The maximum Gasteiger partial charge on any atom is 0.264 e. The predicted octanol–water partition coefficient (Wildman–Crippen LogP) is 3.83. The number of hydrogen-bond acceptors (Lipinski definition) is 4. The summed E-state index contributed by atoms with van der Waals surface area (Å²) in [5.74, 6) is -0.268. The Balaban J connectivity index is 1.68. The van der Waals surface area contributed by atoms with E-state index in [1.165, 1.54) is 24.3 Å². The van der Waals surface area contributed by atoms with Crippen molar-refractivity contribution in [2.75, 3.05) is 24.0 Å². The molecule has 0 bridgehead atoms. The first-order valence-electron chi connectivity index (χ1n) is 10.1. The van der Waals surface area contributed by atoms with Crippen LogP contribution in [0.2, 0.25) is 0 Å². The number of amides is 1. The van der Waals surface area contributed by atoms with Gasteiger partial charge in [-0.3, -0.25) is 9.10 Å². The van der Waals surface area contributed by atoms with Gasteiger partial charge in [-0.15, -0.1) is 0 Å². The fourth-order valence-electron chi connectivity index (χ4n) is 3.04. The summed E-state index contributed by atoms with van der Waals surface area (Å²) in [5, 5.41) is 2.68. The zero-order valence-corrected chi connectivity index (χ0v) is 18.7. The maximum absolute atomic E-state index is 13.4. The van der Waals surface area contributed by atoms with E-state index in [9.17, 15) is 17.6 Å². The summed E-state index contributed by atoms with van der Waals surface area (Å²) in [6.07, 6.45) is 0. The number of carbonyl (C=O) groups is 1. The molecule has 0 unspecified atom stereocenters. The van der Waals surface area contributed by atoms with E-state index >= 15 is 0 Å². The quantitative estimate of drug-likeness (QED) is 0.497. The summed E-state index contributed by atoms with van der Waals surface area (Å²) >= 11 is 0. The van der Waals surface area contributed by atoms with Gasteiger partial charge in [-0.2, -0.15) is 0 Å². The van der Waals surface area contributed by atoms with E-state index in [2.05, 4.69) is 5.32 Å². The summed E-state index contributed by atoms with van der Waals surface area (Å²) in [5.41, 5.74) is 2.24. The lowest BCUT2D eigenvalue weighted by molar-refractivity contribution is -0.119. The highest BCUT2D eigenvalue weighted by Gasteiger charge is 2.27. The lowest BCUT2D eigenvalue weighted by Crippen LogP contribution is -2.41. The molecule has 0 aliphatic heterocycles. The van der Waals surface area contributed by atoms with Crippen molar-refractivity contribution in [3.8, 4) is 5.75 Å². The van der Waals surface area contributed by atoms with Gasteiger partial charge in [-0.1, -0.05) is 30.3 Å². The first kappa shape index (κ1) is 23.3. The van der Waals surface area contributed by atoms with Crippen molar-refractivity contribution in [2.45, 2.75) is 18.7 Å². The zero-order chi connectivity index (χ0) is 23.1. The van der Waals surface area contributed by atoms with E-state index < -0.39 is 28.3 Å². The van der Waals surface area contributed by atoms with Crippen molar-refractivity contribution in [1.29, 1.82) is 0 Å². The molecular weight excluding hydrogens is 431 g/mol. The Morgan fingerprint density at radius 2 is 1.69 bits per heavy atom. The van der Waals surface area contributed by atoms with Crippen LogP contribution in [0.1, 0.15) is 11.1 Å². The largest absolute Gasteiger partial charge is 0.491 e. The van der Waals surface area contributed by atoms with Crippen LogP contribution < -0.4 is 14.4 Å². The van der Waals surface area contributed by atoms with Gasteiger partial charge < -0.3 is 10.1 Å². The Labute approximate surface area is 187 Å². The molecule has 0 aliphatic rings. The molecule has 3 rings (SSSR count). The van der Waals surface area contributed by atoms with Crippen molar-refractivity contribution >= 4 is 21.6 Å². The molecule has 3 aromatic rings. The summed E-state index contributed by atoms with van der Waals surface area (Å²) in [6.45, 7) is 3.88. The smallest absolute Gasteiger partial charge is 0.264 e. The van der Waals surface area contributed by atoms with Crippen LogP contribution in [0.5, 0.6) is 5.75 Å². The minimum Gasteiger partial charge on any atom is -0.491 e. The zero-order valence-electron chi connectivity index (χ0n) is 17.9. The fourth-order valence-corrected chi connectivity index (χ4v) is 4.48. The summed E-state index contributed by atoms with van der Waals surface area (Å²) in [4.78, 5) is 12.6. The Kier molecular flexibility index (Phi) is 7.48. The molecule has 3 aromatic carbocycles. The van der Waals surface area contributed by atoms with Gasteiger partial charge in [0.05, 0.1) is 17.1 Å². The molecule has 0 aliphatic carbocycles. The first-order valence-corrected chi connectivity index (χ1v) is 11.5. The highest BCUT2D eigenvalue weighted by atomic mass is 32.2. The van der Waals surface area contributed by atoms with E-state index in [0.29, 0.717) is 0 Å². The molecule has 0 saturated heterocycles. The molecule has 32 heavy (non-hydrogen) atoms. The summed E-state index contributed by atoms with van der Waals surface area (Å²) in [7, 11) is -4.03. The molecule has 168 valence electrons. The molecule has 8 heteroatoms. The normalized spacial score (nSPS) is 11.1. The number of ether oxygens (including phenoxy) is 1. The molecule has 0 heterocycles. The fraction of sp³-hybridized carbons (Fsp3) is 0.208. The SMILES string of the molecule is Cc1ccc(C)c(OCCNC(=O)CN(c2ccc(F)cc2)S(=O)(=O)c2ccccc2)c1. The van der Waals surface area contributed by atoms with Crippen LogP contribution in [0.25, 0.3) is 0 Å². The van der Waals surface area contributed by atoms with Gasteiger partial charge in [0.1, 0.15) is 24.7 Å². The molecule has 0 spiro atoms. The molecule has 0 saturated carbocycles. The van der Waals surface area contributed by atoms with Gasteiger partial charge in [-0.25, -0.2) is 12.8 Å². The van der Waals surface area contributed by atoms with Gasteiger partial charge >= 0.3 is 0 Å². The van der Waals surface area contributed by atoms with Crippen molar-refractivity contribution in [3.05, 3.63) is 89.7 Å². The number of nitrogens with one attached hydrogen (secondary N) is 1. The Morgan fingerprint density at radius 1 is 1.00 bits per heavy atom. The number of carbonyl (C=O) groups excluding carboxylic acids is 1. The molecular formula is C24H25FN2O4S. The van der Waals surface area contributed by atoms with Crippen LogP contribution in [-0.4, -0.2) is 34.0 Å². The van der Waals surface area contributed by atoms with Crippen molar-refractivity contribution in [1.82, 2.24) is 5.32 Å². The van der Waals surface area contributed by atoms with Crippen LogP contribution in [0.3, 0.4) is 0 Å². The number of benzene rings is 3. The molecule has 0 aromatic heterocycles. The topological polar surface area (TPSA) is 75.7 Å². The van der Waals surface area contributed by atoms with Gasteiger partial charge in [-0.05, 0) is 67.4 Å². The molecule has 6 nitrogen and oxygen atoms in total. The number of anilines is 1. The Hall–Kier alpha value is -3.39. The highest BCUT2D eigenvalue weighted by molar-refractivity contribution is 7.92. The van der Waals surface area contributed by atoms with E-state index in [-0.39, 0.29) is 23.7 Å². The van der Waals surface area contributed by atoms with Gasteiger partial charge in [0.15, 0.2) is 0 Å². The van der Waals surface area contributed by atoms with E-state index in [4.69, 9.17) is 4.74 Å². The molecule has 1 amide bonds. The molecule has 0 fully saturated rings. The molecule has 1 N–H and O–H groups in total. The standard InChI is InChI=1S/C24H25FN2O4S/c1-18-8-9-19(2)23(16-18)31-15-14-26-24(28)17-27(21-12-10-20(25)11-13-21)32(29,30)22-6-4-3-5-7-22/h3-13,16H,14-15,17H2,1-2H3,(H,26,28). The van der Waals surface area contributed by atoms with E-state index in [1.54, 1.807) is 18.2 Å². The van der Waals surface area contributed by atoms with Crippen molar-refractivity contribution in [3.63, 3.8) is 0 Å². The number of sulfonamides is 1. The lowest BCUT2D eigenvalue weighted by Gasteiger charge is -2.24. The van der Waals surface area contributed by atoms with Crippen LogP contribution >= 0.6 is 0 Å². The number of halogens is 1.